The zero-order valence-corrected chi connectivity index (χ0v) is 9.43. The van der Waals surface area contributed by atoms with Gasteiger partial charge in [0.15, 0.2) is 0 Å². The van der Waals surface area contributed by atoms with Gasteiger partial charge in [-0.05, 0) is 37.1 Å². The largest absolute Gasteiger partial charge is 0.494 e. The first-order valence-electron chi connectivity index (χ1n) is 4.47. The molecule has 1 rings (SSSR count). The van der Waals surface area contributed by atoms with Gasteiger partial charge >= 0.3 is 0 Å². The van der Waals surface area contributed by atoms with E-state index in [4.69, 9.17) is 4.74 Å². The van der Waals surface area contributed by atoms with Crippen LogP contribution in [0.3, 0.4) is 0 Å². The Morgan fingerprint density at radius 2 is 2.15 bits per heavy atom. The highest BCUT2D eigenvalue weighted by Gasteiger charge is 1.96. The summed E-state index contributed by atoms with van der Waals surface area (Å²) in [7, 11) is 0. The fraction of sp³-hybridized carbons (Fsp3) is 0.364. The van der Waals surface area contributed by atoms with Crippen LogP contribution in [0.15, 0.2) is 22.7 Å². The topological polar surface area (TPSA) is 9.23 Å². The molecule has 1 aromatic carbocycles. The molecule has 0 bridgehead atoms. The Bertz CT molecular complexity index is 251. The Morgan fingerprint density at radius 3 is 2.77 bits per heavy atom. The molecule has 0 aliphatic rings. The molecule has 0 unspecified atom stereocenters. The normalized spacial score (nSPS) is 10.1. The molecule has 0 amide bonds. The number of ether oxygens (including phenoxy) is 1. The minimum absolute atomic E-state index is 0.784. The molecule has 0 fully saturated rings. The summed E-state index contributed by atoms with van der Waals surface area (Å²) in [6.45, 7) is 6.79. The van der Waals surface area contributed by atoms with Crippen molar-refractivity contribution in [2.75, 3.05) is 6.61 Å². The maximum absolute atomic E-state index is 5.54. The van der Waals surface area contributed by atoms with E-state index in [2.05, 4.69) is 29.8 Å². The molecular weight excluding hydrogens is 228 g/mol. The fourth-order valence-electron chi connectivity index (χ4n) is 1.04. The molecule has 13 heavy (non-hydrogen) atoms. The third-order valence-corrected chi connectivity index (χ3v) is 2.16. The average molecular weight is 242 g/mol. The molecule has 0 aliphatic carbocycles. The second-order valence-electron chi connectivity index (χ2n) is 3.00. The maximum Gasteiger partial charge on any atom is 0.120 e. The van der Waals surface area contributed by atoms with E-state index in [9.17, 15) is 0 Å². The molecule has 0 saturated carbocycles. The molecule has 1 nitrogen and oxygen atoms in total. The van der Waals surface area contributed by atoms with Gasteiger partial charge in [0.25, 0.3) is 0 Å². The van der Waals surface area contributed by atoms with E-state index in [0.717, 1.165) is 35.2 Å². The smallest absolute Gasteiger partial charge is 0.120 e. The van der Waals surface area contributed by atoms with Crippen molar-refractivity contribution in [3.8, 4) is 5.75 Å². The van der Waals surface area contributed by atoms with Crippen LogP contribution in [0, 0.1) is 6.92 Å². The number of hydrogen-bond acceptors (Lipinski definition) is 1. The van der Waals surface area contributed by atoms with Crippen LogP contribution in [0.5, 0.6) is 5.75 Å². The van der Waals surface area contributed by atoms with Gasteiger partial charge in [-0.15, -0.1) is 0 Å². The first kappa shape index (κ1) is 10.6. The highest BCUT2D eigenvalue weighted by Crippen LogP contribution is 2.21. The number of hydrogen-bond donors (Lipinski definition) is 0. The Balaban J connectivity index is 2.56. The third-order valence-electron chi connectivity index (χ3n) is 1.70. The number of benzene rings is 1. The first-order valence-corrected chi connectivity index (χ1v) is 5.27. The number of halogens is 1. The second-order valence-corrected chi connectivity index (χ2v) is 3.91. The zero-order chi connectivity index (χ0) is 9.68. The highest BCUT2D eigenvalue weighted by molar-refractivity contribution is 9.10. The summed E-state index contributed by atoms with van der Waals surface area (Å²) >= 11 is 3.40. The van der Waals surface area contributed by atoms with Crippen molar-refractivity contribution < 1.29 is 4.74 Å². The monoisotopic (exact) mass is 241 g/mol. The van der Waals surface area contributed by atoms with Crippen molar-refractivity contribution in [3.05, 3.63) is 35.2 Å². The Labute approximate surface area is 88.2 Å². The van der Waals surface area contributed by atoms with Gasteiger partial charge < -0.3 is 4.74 Å². The maximum atomic E-state index is 5.54. The molecule has 2 heteroatoms. The summed E-state index contributed by atoms with van der Waals surface area (Å²) in [5.41, 5.74) is 0.973. The van der Waals surface area contributed by atoms with Crippen molar-refractivity contribution in [1.82, 2.24) is 0 Å². The summed E-state index contributed by atoms with van der Waals surface area (Å²) in [4.78, 5) is 0. The lowest BCUT2D eigenvalue weighted by molar-refractivity contribution is 0.309. The second kappa shape index (κ2) is 5.28. The predicted molar refractivity (Wildman–Crippen MR) is 59.0 cm³/mol. The van der Waals surface area contributed by atoms with Crippen molar-refractivity contribution in [1.29, 1.82) is 0 Å². The van der Waals surface area contributed by atoms with Crippen molar-refractivity contribution in [2.45, 2.75) is 19.8 Å². The van der Waals surface area contributed by atoms with Crippen LogP contribution in [0.4, 0.5) is 0 Å². The van der Waals surface area contributed by atoms with E-state index in [1.807, 2.05) is 18.2 Å². The summed E-state index contributed by atoms with van der Waals surface area (Å²) in [6.07, 6.45) is 2.25. The van der Waals surface area contributed by atoms with E-state index in [1.165, 1.54) is 0 Å². The van der Waals surface area contributed by atoms with Gasteiger partial charge in [-0.1, -0.05) is 29.3 Å². The lowest BCUT2D eigenvalue weighted by atomic mass is 10.2. The minimum Gasteiger partial charge on any atom is -0.494 e. The number of unbranched alkanes of at least 4 members (excludes halogenated alkanes) is 1. The van der Waals surface area contributed by atoms with Gasteiger partial charge in [-0.2, -0.15) is 0 Å². The van der Waals surface area contributed by atoms with Gasteiger partial charge in [0, 0.05) is 4.47 Å². The van der Waals surface area contributed by atoms with Crippen LogP contribution in [0.2, 0.25) is 0 Å². The molecule has 0 aliphatic heterocycles. The lowest BCUT2D eigenvalue weighted by Crippen LogP contribution is -1.96. The molecule has 1 aromatic rings. The van der Waals surface area contributed by atoms with E-state index in [0.29, 0.717) is 0 Å². The molecule has 0 spiro atoms. The predicted octanol–water partition coefficient (Wildman–Crippen LogP) is 3.81. The molecule has 71 valence electrons. The molecule has 0 N–H and O–H groups in total. The summed E-state index contributed by atoms with van der Waals surface area (Å²) < 4.78 is 6.56. The van der Waals surface area contributed by atoms with Crippen LogP contribution in [-0.2, 0) is 0 Å². The molecule has 0 saturated heterocycles. The van der Waals surface area contributed by atoms with E-state index >= 15 is 0 Å². The van der Waals surface area contributed by atoms with Crippen LogP contribution < -0.4 is 4.74 Å². The molecular formula is C11H14BrO. The first-order chi connectivity index (χ1) is 6.22. The molecule has 0 aromatic heterocycles. The van der Waals surface area contributed by atoms with E-state index in [-0.39, 0.29) is 0 Å². The van der Waals surface area contributed by atoms with Crippen molar-refractivity contribution in [3.63, 3.8) is 0 Å². The zero-order valence-electron chi connectivity index (χ0n) is 7.85. The summed E-state index contributed by atoms with van der Waals surface area (Å²) in [5, 5.41) is 0. The van der Waals surface area contributed by atoms with Crippen molar-refractivity contribution in [2.24, 2.45) is 0 Å². The van der Waals surface area contributed by atoms with Gasteiger partial charge in [0.2, 0.25) is 0 Å². The summed E-state index contributed by atoms with van der Waals surface area (Å²) in [6, 6.07) is 5.87. The Morgan fingerprint density at radius 1 is 1.38 bits per heavy atom. The lowest BCUT2D eigenvalue weighted by Gasteiger charge is -2.06. The SMILES string of the molecule is [CH2]c1cc(Br)cc(OCCCC)c1. The minimum atomic E-state index is 0.784. The van der Waals surface area contributed by atoms with Crippen LogP contribution >= 0.6 is 15.9 Å². The quantitative estimate of drug-likeness (QED) is 0.729. The Kier molecular flexibility index (Phi) is 4.29. The van der Waals surface area contributed by atoms with E-state index < -0.39 is 0 Å². The van der Waals surface area contributed by atoms with Crippen molar-refractivity contribution >= 4 is 15.9 Å². The third kappa shape index (κ3) is 3.81. The van der Waals surface area contributed by atoms with Crippen LogP contribution in [0.1, 0.15) is 25.3 Å². The van der Waals surface area contributed by atoms with Gasteiger partial charge in [-0.25, -0.2) is 0 Å². The molecule has 0 heterocycles. The van der Waals surface area contributed by atoms with Crippen LogP contribution in [0.25, 0.3) is 0 Å². The van der Waals surface area contributed by atoms with Gasteiger partial charge in [0.1, 0.15) is 5.75 Å². The van der Waals surface area contributed by atoms with Gasteiger partial charge in [0.05, 0.1) is 6.61 Å². The van der Waals surface area contributed by atoms with E-state index in [1.54, 1.807) is 0 Å². The highest BCUT2D eigenvalue weighted by atomic mass is 79.9. The van der Waals surface area contributed by atoms with Gasteiger partial charge in [-0.3, -0.25) is 0 Å². The molecule has 1 radical (unpaired) electrons. The fourth-order valence-corrected chi connectivity index (χ4v) is 1.56. The Hall–Kier alpha value is -0.500. The molecule has 0 atom stereocenters. The number of rotatable bonds is 4. The standard InChI is InChI=1S/C11H14BrO/c1-3-4-5-13-11-7-9(2)6-10(12)8-11/h6-8H,2-5H2,1H3. The van der Waals surface area contributed by atoms with Crippen LogP contribution in [-0.4, -0.2) is 6.61 Å². The average Bonchev–Trinajstić information content (AvgIpc) is 2.03. The summed E-state index contributed by atoms with van der Waals surface area (Å²) in [5.74, 6) is 0.896.